The summed E-state index contributed by atoms with van der Waals surface area (Å²) in [5.74, 6) is 0. The van der Waals surface area contributed by atoms with Crippen molar-refractivity contribution in [1.82, 2.24) is 5.32 Å². The third-order valence-corrected chi connectivity index (χ3v) is 3.04. The standard InChI is InChI=1S/C14H23NO/c1-12-7-4-5-8-13(12)11-14(15-2)9-6-10-16-3/h4-5,7-8,14-15H,6,9-11H2,1-3H3. The SMILES string of the molecule is CNC(CCCOC)Cc1ccccc1C. The zero-order chi connectivity index (χ0) is 11.8. The molecule has 0 heterocycles. The zero-order valence-electron chi connectivity index (χ0n) is 10.6. The second-order valence-corrected chi connectivity index (χ2v) is 4.25. The summed E-state index contributed by atoms with van der Waals surface area (Å²) in [5.41, 5.74) is 2.83. The van der Waals surface area contributed by atoms with Crippen molar-refractivity contribution in [2.75, 3.05) is 20.8 Å². The van der Waals surface area contributed by atoms with E-state index in [1.54, 1.807) is 7.11 Å². The largest absolute Gasteiger partial charge is 0.385 e. The van der Waals surface area contributed by atoms with Gasteiger partial charge in [-0.05, 0) is 44.4 Å². The molecule has 1 aromatic carbocycles. The Bertz CT molecular complexity index is 299. The Labute approximate surface area is 99.0 Å². The van der Waals surface area contributed by atoms with Gasteiger partial charge in [-0.1, -0.05) is 24.3 Å². The summed E-state index contributed by atoms with van der Waals surface area (Å²) < 4.78 is 5.08. The Kier molecular flexibility index (Phi) is 6.12. The van der Waals surface area contributed by atoms with Crippen LogP contribution in [-0.2, 0) is 11.2 Å². The molecule has 1 aromatic rings. The van der Waals surface area contributed by atoms with Gasteiger partial charge in [0.25, 0.3) is 0 Å². The van der Waals surface area contributed by atoms with Crippen molar-refractivity contribution >= 4 is 0 Å². The lowest BCUT2D eigenvalue weighted by Gasteiger charge is -2.17. The lowest BCUT2D eigenvalue weighted by Crippen LogP contribution is -2.28. The number of hydrogen-bond acceptors (Lipinski definition) is 2. The lowest BCUT2D eigenvalue weighted by atomic mass is 9.98. The molecule has 0 spiro atoms. The summed E-state index contributed by atoms with van der Waals surface area (Å²) in [6.45, 7) is 3.03. The monoisotopic (exact) mass is 221 g/mol. The quantitative estimate of drug-likeness (QED) is 0.714. The number of rotatable bonds is 7. The van der Waals surface area contributed by atoms with Crippen molar-refractivity contribution in [3.05, 3.63) is 35.4 Å². The minimum Gasteiger partial charge on any atom is -0.385 e. The summed E-state index contributed by atoms with van der Waals surface area (Å²) in [5, 5.41) is 3.38. The molecule has 0 saturated carbocycles. The fourth-order valence-electron chi connectivity index (χ4n) is 1.93. The van der Waals surface area contributed by atoms with Crippen molar-refractivity contribution in [2.24, 2.45) is 0 Å². The summed E-state index contributed by atoms with van der Waals surface area (Å²) in [7, 11) is 3.80. The molecule has 2 heteroatoms. The first-order valence-corrected chi connectivity index (χ1v) is 5.98. The van der Waals surface area contributed by atoms with Crippen molar-refractivity contribution in [2.45, 2.75) is 32.2 Å². The Morgan fingerprint density at radius 2 is 2.06 bits per heavy atom. The number of aryl methyl sites for hydroxylation is 1. The van der Waals surface area contributed by atoms with Crippen LogP contribution in [0.5, 0.6) is 0 Å². The number of ether oxygens (including phenoxy) is 1. The average Bonchev–Trinajstić information content (AvgIpc) is 2.30. The predicted molar refractivity (Wildman–Crippen MR) is 68.8 cm³/mol. The highest BCUT2D eigenvalue weighted by atomic mass is 16.5. The average molecular weight is 221 g/mol. The molecule has 2 nitrogen and oxygen atoms in total. The molecule has 1 unspecified atom stereocenters. The van der Waals surface area contributed by atoms with Gasteiger partial charge in [0.15, 0.2) is 0 Å². The van der Waals surface area contributed by atoms with Crippen LogP contribution < -0.4 is 5.32 Å². The molecule has 0 aliphatic heterocycles. The second-order valence-electron chi connectivity index (χ2n) is 4.25. The molecule has 0 aliphatic carbocycles. The second kappa shape index (κ2) is 7.42. The highest BCUT2D eigenvalue weighted by Gasteiger charge is 2.08. The molecule has 16 heavy (non-hydrogen) atoms. The zero-order valence-corrected chi connectivity index (χ0v) is 10.6. The van der Waals surface area contributed by atoms with Gasteiger partial charge in [0, 0.05) is 19.8 Å². The van der Waals surface area contributed by atoms with Gasteiger partial charge >= 0.3 is 0 Å². The van der Waals surface area contributed by atoms with Crippen molar-refractivity contribution in [3.8, 4) is 0 Å². The fourth-order valence-corrected chi connectivity index (χ4v) is 1.93. The number of hydrogen-bond donors (Lipinski definition) is 1. The molecule has 0 bridgehead atoms. The van der Waals surface area contributed by atoms with E-state index in [4.69, 9.17) is 4.74 Å². The van der Waals surface area contributed by atoms with E-state index in [9.17, 15) is 0 Å². The van der Waals surface area contributed by atoms with Crippen molar-refractivity contribution < 1.29 is 4.74 Å². The predicted octanol–water partition coefficient (Wildman–Crippen LogP) is 2.55. The molecule has 0 aromatic heterocycles. The maximum absolute atomic E-state index is 5.08. The van der Waals surface area contributed by atoms with Crippen LogP contribution in [0.3, 0.4) is 0 Å². The van der Waals surface area contributed by atoms with E-state index in [-0.39, 0.29) is 0 Å². The molecular formula is C14H23NO. The molecule has 0 amide bonds. The molecule has 1 rings (SSSR count). The van der Waals surface area contributed by atoms with Crippen LogP contribution in [0.15, 0.2) is 24.3 Å². The molecular weight excluding hydrogens is 198 g/mol. The number of benzene rings is 1. The third-order valence-electron chi connectivity index (χ3n) is 3.04. The molecule has 0 saturated heterocycles. The Hall–Kier alpha value is -0.860. The van der Waals surface area contributed by atoms with Gasteiger partial charge in [-0.3, -0.25) is 0 Å². The van der Waals surface area contributed by atoms with Gasteiger partial charge in [-0.2, -0.15) is 0 Å². The van der Waals surface area contributed by atoms with E-state index in [1.807, 2.05) is 7.05 Å². The van der Waals surface area contributed by atoms with E-state index >= 15 is 0 Å². The normalized spacial score (nSPS) is 12.7. The Morgan fingerprint density at radius 1 is 1.31 bits per heavy atom. The first-order valence-electron chi connectivity index (χ1n) is 5.98. The number of likely N-dealkylation sites (N-methyl/N-ethyl adjacent to an activating group) is 1. The van der Waals surface area contributed by atoms with Crippen LogP contribution in [0.2, 0.25) is 0 Å². The summed E-state index contributed by atoms with van der Waals surface area (Å²) in [4.78, 5) is 0. The van der Waals surface area contributed by atoms with Crippen molar-refractivity contribution in [1.29, 1.82) is 0 Å². The van der Waals surface area contributed by atoms with E-state index < -0.39 is 0 Å². The van der Waals surface area contributed by atoms with Gasteiger partial charge in [0.1, 0.15) is 0 Å². The molecule has 1 atom stereocenters. The maximum atomic E-state index is 5.08. The molecule has 1 N–H and O–H groups in total. The summed E-state index contributed by atoms with van der Waals surface area (Å²) in [6.07, 6.45) is 3.39. The van der Waals surface area contributed by atoms with Crippen LogP contribution in [-0.4, -0.2) is 26.8 Å². The molecule has 0 fully saturated rings. The third kappa shape index (κ3) is 4.33. The lowest BCUT2D eigenvalue weighted by molar-refractivity contribution is 0.189. The fraction of sp³-hybridized carbons (Fsp3) is 0.571. The van der Waals surface area contributed by atoms with Crippen LogP contribution in [0.4, 0.5) is 0 Å². The van der Waals surface area contributed by atoms with Gasteiger partial charge in [0.05, 0.1) is 0 Å². The first-order chi connectivity index (χ1) is 7.77. The van der Waals surface area contributed by atoms with Crippen LogP contribution in [0.25, 0.3) is 0 Å². The minimum atomic E-state index is 0.552. The van der Waals surface area contributed by atoms with Gasteiger partial charge < -0.3 is 10.1 Å². The van der Waals surface area contributed by atoms with Crippen LogP contribution in [0, 0.1) is 6.92 Å². The van der Waals surface area contributed by atoms with E-state index in [0.29, 0.717) is 6.04 Å². The summed E-state index contributed by atoms with van der Waals surface area (Å²) >= 11 is 0. The Balaban J connectivity index is 2.46. The van der Waals surface area contributed by atoms with Gasteiger partial charge in [0.2, 0.25) is 0 Å². The van der Waals surface area contributed by atoms with Crippen LogP contribution >= 0.6 is 0 Å². The van der Waals surface area contributed by atoms with Gasteiger partial charge in [-0.15, -0.1) is 0 Å². The van der Waals surface area contributed by atoms with Gasteiger partial charge in [-0.25, -0.2) is 0 Å². The first kappa shape index (κ1) is 13.2. The van der Waals surface area contributed by atoms with E-state index in [2.05, 4.69) is 36.5 Å². The number of nitrogens with one attached hydrogen (secondary N) is 1. The highest BCUT2D eigenvalue weighted by molar-refractivity contribution is 5.26. The molecule has 0 aliphatic rings. The summed E-state index contributed by atoms with van der Waals surface area (Å²) in [6, 6.07) is 9.16. The maximum Gasteiger partial charge on any atom is 0.0462 e. The molecule has 0 radical (unpaired) electrons. The highest BCUT2D eigenvalue weighted by Crippen LogP contribution is 2.12. The topological polar surface area (TPSA) is 21.3 Å². The van der Waals surface area contributed by atoms with E-state index in [1.165, 1.54) is 17.5 Å². The van der Waals surface area contributed by atoms with E-state index in [0.717, 1.165) is 19.4 Å². The number of methoxy groups -OCH3 is 1. The van der Waals surface area contributed by atoms with Crippen molar-refractivity contribution in [3.63, 3.8) is 0 Å². The van der Waals surface area contributed by atoms with Crippen LogP contribution in [0.1, 0.15) is 24.0 Å². The minimum absolute atomic E-state index is 0.552. The Morgan fingerprint density at radius 3 is 2.69 bits per heavy atom. The molecule has 90 valence electrons. The smallest absolute Gasteiger partial charge is 0.0462 e.